The average Bonchev–Trinajstić information content (AvgIpc) is 2.38. The Hall–Kier alpha value is -0.550. The first-order chi connectivity index (χ1) is 9.55. The maximum Gasteiger partial charge on any atom is 0.137 e. The molecule has 0 aliphatic heterocycles. The average molecular weight is 420 g/mol. The van der Waals surface area contributed by atoms with E-state index in [-0.39, 0.29) is 6.04 Å². The van der Waals surface area contributed by atoms with Crippen molar-refractivity contribution in [2.24, 2.45) is 0 Å². The van der Waals surface area contributed by atoms with Crippen molar-refractivity contribution in [1.29, 1.82) is 0 Å². The van der Waals surface area contributed by atoms with E-state index < -0.39 is 0 Å². The Labute approximate surface area is 140 Å². The van der Waals surface area contributed by atoms with E-state index in [0.717, 1.165) is 20.1 Å². The standard InChI is InChI=1S/C15H14Br2ClNO/c1-19-15(10-5-11(16)8-12(17)6-10)9-3-4-14(20-2)13(18)7-9/h3-8,15,19H,1-2H3. The van der Waals surface area contributed by atoms with Gasteiger partial charge in [0.2, 0.25) is 0 Å². The maximum absolute atomic E-state index is 6.21. The fraction of sp³-hybridized carbons (Fsp3) is 0.200. The van der Waals surface area contributed by atoms with E-state index in [9.17, 15) is 0 Å². The molecule has 0 aromatic heterocycles. The van der Waals surface area contributed by atoms with Gasteiger partial charge < -0.3 is 10.1 Å². The molecule has 1 unspecified atom stereocenters. The molecule has 2 rings (SSSR count). The predicted octanol–water partition coefficient (Wildman–Crippen LogP) is 5.18. The van der Waals surface area contributed by atoms with Gasteiger partial charge in [-0.2, -0.15) is 0 Å². The van der Waals surface area contributed by atoms with Crippen LogP contribution in [0, 0.1) is 0 Å². The molecular formula is C15H14Br2ClNO. The Morgan fingerprint density at radius 3 is 2.20 bits per heavy atom. The minimum atomic E-state index is 0.0622. The van der Waals surface area contributed by atoms with Crippen LogP contribution in [0.5, 0.6) is 5.75 Å². The van der Waals surface area contributed by atoms with Crippen LogP contribution in [-0.4, -0.2) is 14.2 Å². The molecular weight excluding hydrogens is 405 g/mol. The number of hydrogen-bond donors (Lipinski definition) is 1. The molecule has 1 N–H and O–H groups in total. The molecule has 2 aromatic rings. The van der Waals surface area contributed by atoms with Crippen LogP contribution in [0.2, 0.25) is 5.02 Å². The van der Waals surface area contributed by atoms with Gasteiger partial charge in [0.1, 0.15) is 5.75 Å². The molecule has 0 fully saturated rings. The van der Waals surface area contributed by atoms with E-state index in [1.54, 1.807) is 7.11 Å². The number of hydrogen-bond acceptors (Lipinski definition) is 2. The molecule has 2 nitrogen and oxygen atoms in total. The quantitative estimate of drug-likeness (QED) is 0.737. The highest BCUT2D eigenvalue weighted by molar-refractivity contribution is 9.11. The number of rotatable bonds is 4. The van der Waals surface area contributed by atoms with Gasteiger partial charge in [0.15, 0.2) is 0 Å². The zero-order chi connectivity index (χ0) is 14.7. The van der Waals surface area contributed by atoms with E-state index >= 15 is 0 Å². The number of halogens is 3. The van der Waals surface area contributed by atoms with Gasteiger partial charge in [-0.15, -0.1) is 0 Å². The number of nitrogens with one attached hydrogen (secondary N) is 1. The summed E-state index contributed by atoms with van der Waals surface area (Å²) < 4.78 is 7.25. The molecule has 2 aromatic carbocycles. The molecule has 106 valence electrons. The SMILES string of the molecule is CNC(c1cc(Br)cc(Br)c1)c1ccc(OC)c(Cl)c1. The second-order valence-corrected chi connectivity index (χ2v) is 6.56. The van der Waals surface area contributed by atoms with Crippen molar-refractivity contribution in [1.82, 2.24) is 5.32 Å². The number of benzene rings is 2. The summed E-state index contributed by atoms with van der Waals surface area (Å²) in [5, 5.41) is 3.92. The molecule has 0 spiro atoms. The summed E-state index contributed by atoms with van der Waals surface area (Å²) in [6.07, 6.45) is 0. The van der Waals surface area contributed by atoms with Gasteiger partial charge >= 0.3 is 0 Å². The lowest BCUT2D eigenvalue weighted by atomic mass is 9.99. The largest absolute Gasteiger partial charge is 0.495 e. The van der Waals surface area contributed by atoms with Crippen LogP contribution in [0.4, 0.5) is 0 Å². The first-order valence-electron chi connectivity index (χ1n) is 6.02. The van der Waals surface area contributed by atoms with Crippen molar-refractivity contribution in [3.8, 4) is 5.75 Å². The van der Waals surface area contributed by atoms with E-state index in [0.29, 0.717) is 10.8 Å². The van der Waals surface area contributed by atoms with Crippen molar-refractivity contribution in [3.05, 3.63) is 61.5 Å². The normalized spacial score (nSPS) is 12.2. The summed E-state index contributed by atoms with van der Waals surface area (Å²) in [4.78, 5) is 0. The van der Waals surface area contributed by atoms with Crippen molar-refractivity contribution in [2.45, 2.75) is 6.04 Å². The monoisotopic (exact) mass is 417 g/mol. The van der Waals surface area contributed by atoms with Crippen molar-refractivity contribution in [3.63, 3.8) is 0 Å². The first kappa shape index (κ1) is 15.8. The van der Waals surface area contributed by atoms with Crippen LogP contribution in [0.25, 0.3) is 0 Å². The zero-order valence-electron chi connectivity index (χ0n) is 11.1. The van der Waals surface area contributed by atoms with Crippen molar-refractivity contribution < 1.29 is 4.74 Å². The molecule has 1 atom stereocenters. The summed E-state index contributed by atoms with van der Waals surface area (Å²) in [7, 11) is 3.54. The van der Waals surface area contributed by atoms with Gasteiger partial charge in [0.25, 0.3) is 0 Å². The minimum absolute atomic E-state index is 0.0622. The minimum Gasteiger partial charge on any atom is -0.495 e. The van der Waals surface area contributed by atoms with Crippen LogP contribution in [0.15, 0.2) is 45.3 Å². The maximum atomic E-state index is 6.21. The molecule has 5 heteroatoms. The molecule has 0 radical (unpaired) electrons. The lowest BCUT2D eigenvalue weighted by Gasteiger charge is -2.19. The van der Waals surface area contributed by atoms with E-state index in [1.807, 2.05) is 31.3 Å². The van der Waals surface area contributed by atoms with Crippen molar-refractivity contribution in [2.75, 3.05) is 14.2 Å². The highest BCUT2D eigenvalue weighted by atomic mass is 79.9. The first-order valence-corrected chi connectivity index (χ1v) is 7.98. The molecule has 0 heterocycles. The summed E-state index contributed by atoms with van der Waals surface area (Å²) >= 11 is 13.2. The Bertz CT molecular complexity index is 599. The summed E-state index contributed by atoms with van der Waals surface area (Å²) in [5.41, 5.74) is 2.23. The third-order valence-corrected chi connectivity index (χ3v) is 4.23. The highest BCUT2D eigenvalue weighted by Crippen LogP contribution is 2.32. The lowest BCUT2D eigenvalue weighted by Crippen LogP contribution is -2.17. The smallest absolute Gasteiger partial charge is 0.137 e. The van der Waals surface area contributed by atoms with Gasteiger partial charge in [0.05, 0.1) is 18.2 Å². The van der Waals surface area contributed by atoms with E-state index in [1.165, 1.54) is 0 Å². The Balaban J connectivity index is 2.44. The molecule has 0 bridgehead atoms. The molecule has 20 heavy (non-hydrogen) atoms. The molecule has 0 saturated heterocycles. The number of methoxy groups -OCH3 is 1. The predicted molar refractivity (Wildman–Crippen MR) is 90.7 cm³/mol. The zero-order valence-corrected chi connectivity index (χ0v) is 15.0. The van der Waals surface area contributed by atoms with E-state index in [2.05, 4.69) is 49.3 Å². The lowest BCUT2D eigenvalue weighted by molar-refractivity contribution is 0.414. The summed E-state index contributed by atoms with van der Waals surface area (Å²) in [6.45, 7) is 0. The summed E-state index contributed by atoms with van der Waals surface area (Å²) in [5.74, 6) is 0.681. The van der Waals surface area contributed by atoms with Crippen LogP contribution in [0.3, 0.4) is 0 Å². The summed E-state index contributed by atoms with van der Waals surface area (Å²) in [6, 6.07) is 12.1. The Morgan fingerprint density at radius 1 is 1.05 bits per heavy atom. The van der Waals surface area contributed by atoms with Gasteiger partial charge in [-0.25, -0.2) is 0 Å². The van der Waals surface area contributed by atoms with Gasteiger partial charge in [-0.1, -0.05) is 49.5 Å². The van der Waals surface area contributed by atoms with Gasteiger partial charge in [-0.05, 0) is 48.5 Å². The van der Waals surface area contributed by atoms with Gasteiger partial charge in [0, 0.05) is 8.95 Å². The molecule has 0 saturated carbocycles. The Kier molecular flexibility index (Phi) is 5.49. The second-order valence-electron chi connectivity index (χ2n) is 4.32. The van der Waals surface area contributed by atoms with Crippen molar-refractivity contribution >= 4 is 43.5 Å². The molecule has 0 aliphatic rings. The van der Waals surface area contributed by atoms with Gasteiger partial charge in [-0.3, -0.25) is 0 Å². The van der Waals surface area contributed by atoms with Crippen LogP contribution < -0.4 is 10.1 Å². The highest BCUT2D eigenvalue weighted by Gasteiger charge is 2.15. The third-order valence-electron chi connectivity index (χ3n) is 3.02. The second kappa shape index (κ2) is 6.94. The fourth-order valence-electron chi connectivity index (χ4n) is 2.13. The topological polar surface area (TPSA) is 21.3 Å². The van der Waals surface area contributed by atoms with Crippen LogP contribution in [-0.2, 0) is 0 Å². The number of ether oxygens (including phenoxy) is 1. The third kappa shape index (κ3) is 3.55. The molecule has 0 aliphatic carbocycles. The van der Waals surface area contributed by atoms with E-state index in [4.69, 9.17) is 16.3 Å². The van der Waals surface area contributed by atoms with Crippen LogP contribution >= 0.6 is 43.5 Å². The molecule has 0 amide bonds. The fourth-order valence-corrected chi connectivity index (χ4v) is 3.73. The van der Waals surface area contributed by atoms with Crippen LogP contribution in [0.1, 0.15) is 17.2 Å². The Morgan fingerprint density at radius 2 is 1.70 bits per heavy atom.